The van der Waals surface area contributed by atoms with Crippen molar-refractivity contribution in [2.24, 2.45) is 0 Å². The van der Waals surface area contributed by atoms with E-state index in [4.69, 9.17) is 0 Å². The van der Waals surface area contributed by atoms with Crippen LogP contribution in [-0.4, -0.2) is 16.3 Å². The Bertz CT molecular complexity index is 536. The van der Waals surface area contributed by atoms with E-state index in [2.05, 4.69) is 29.5 Å². The van der Waals surface area contributed by atoms with Crippen LogP contribution in [0.3, 0.4) is 0 Å². The fourth-order valence-electron chi connectivity index (χ4n) is 1.92. The predicted octanol–water partition coefficient (Wildman–Crippen LogP) is 1.59. The fourth-order valence-corrected chi connectivity index (χ4v) is 1.92. The molecule has 1 heterocycles. The molecule has 4 heteroatoms. The summed E-state index contributed by atoms with van der Waals surface area (Å²) in [6, 6.07) is 13.4. The minimum Gasteiger partial charge on any atom is -0.309 e. The summed E-state index contributed by atoms with van der Waals surface area (Å²) in [5.41, 5.74) is 1.09. The Morgan fingerprint density at radius 2 is 2.00 bits per heavy atom. The lowest BCUT2D eigenvalue weighted by Gasteiger charge is -2.18. The maximum Gasteiger partial charge on any atom is 0.266 e. The quantitative estimate of drug-likeness (QED) is 0.867. The molecule has 94 valence electrons. The SMILES string of the molecule is CCNC(Cn1ncccc1=O)c1ccccc1. The number of rotatable bonds is 5. The molecule has 0 bridgehead atoms. The van der Waals surface area contributed by atoms with Crippen LogP contribution in [0.25, 0.3) is 0 Å². The van der Waals surface area contributed by atoms with E-state index in [1.165, 1.54) is 10.7 Å². The Morgan fingerprint density at radius 3 is 2.67 bits per heavy atom. The Labute approximate surface area is 106 Å². The smallest absolute Gasteiger partial charge is 0.266 e. The van der Waals surface area contributed by atoms with Gasteiger partial charge >= 0.3 is 0 Å². The van der Waals surface area contributed by atoms with Crippen molar-refractivity contribution in [3.63, 3.8) is 0 Å². The summed E-state index contributed by atoms with van der Waals surface area (Å²) >= 11 is 0. The number of hydrogen-bond acceptors (Lipinski definition) is 3. The minimum absolute atomic E-state index is 0.0728. The maximum atomic E-state index is 11.7. The van der Waals surface area contributed by atoms with Gasteiger partial charge in [-0.1, -0.05) is 37.3 Å². The normalized spacial score (nSPS) is 12.3. The van der Waals surface area contributed by atoms with E-state index in [0.29, 0.717) is 6.54 Å². The van der Waals surface area contributed by atoms with Crippen LogP contribution >= 0.6 is 0 Å². The van der Waals surface area contributed by atoms with Gasteiger partial charge in [-0.05, 0) is 18.2 Å². The van der Waals surface area contributed by atoms with Crippen LogP contribution in [0.2, 0.25) is 0 Å². The molecule has 2 aromatic rings. The van der Waals surface area contributed by atoms with Crippen LogP contribution in [0, 0.1) is 0 Å². The zero-order chi connectivity index (χ0) is 12.8. The molecular weight excluding hydrogens is 226 g/mol. The Morgan fingerprint density at radius 1 is 1.22 bits per heavy atom. The number of hydrogen-bond donors (Lipinski definition) is 1. The van der Waals surface area contributed by atoms with Crippen molar-refractivity contribution in [2.45, 2.75) is 19.5 Å². The van der Waals surface area contributed by atoms with Crippen LogP contribution in [0.15, 0.2) is 53.5 Å². The zero-order valence-corrected chi connectivity index (χ0v) is 10.4. The molecule has 0 saturated heterocycles. The molecule has 0 saturated carbocycles. The molecular formula is C14H17N3O. The lowest BCUT2D eigenvalue weighted by atomic mass is 10.1. The molecule has 0 aliphatic rings. The van der Waals surface area contributed by atoms with Crippen molar-refractivity contribution in [2.75, 3.05) is 6.54 Å². The van der Waals surface area contributed by atoms with Gasteiger partial charge in [-0.3, -0.25) is 4.79 Å². The molecule has 0 amide bonds. The van der Waals surface area contributed by atoms with Gasteiger partial charge in [-0.2, -0.15) is 5.10 Å². The lowest BCUT2D eigenvalue weighted by Crippen LogP contribution is -2.31. The monoisotopic (exact) mass is 243 g/mol. The number of benzene rings is 1. The van der Waals surface area contributed by atoms with Crippen molar-refractivity contribution in [1.82, 2.24) is 15.1 Å². The lowest BCUT2D eigenvalue weighted by molar-refractivity contribution is 0.434. The van der Waals surface area contributed by atoms with Crippen LogP contribution in [0.4, 0.5) is 0 Å². The van der Waals surface area contributed by atoms with Gasteiger partial charge in [-0.25, -0.2) is 4.68 Å². The van der Waals surface area contributed by atoms with Crippen LogP contribution in [-0.2, 0) is 6.54 Å². The molecule has 2 rings (SSSR count). The average molecular weight is 243 g/mol. The van der Waals surface area contributed by atoms with E-state index in [1.54, 1.807) is 12.3 Å². The second kappa shape index (κ2) is 6.12. The molecule has 18 heavy (non-hydrogen) atoms. The van der Waals surface area contributed by atoms with Crippen LogP contribution in [0.5, 0.6) is 0 Å². The molecule has 1 unspecified atom stereocenters. The molecule has 4 nitrogen and oxygen atoms in total. The molecule has 1 atom stereocenters. The molecule has 1 aromatic carbocycles. The van der Waals surface area contributed by atoms with E-state index in [-0.39, 0.29) is 11.6 Å². The number of nitrogens with one attached hydrogen (secondary N) is 1. The van der Waals surface area contributed by atoms with Gasteiger partial charge in [0.15, 0.2) is 0 Å². The molecule has 1 aromatic heterocycles. The average Bonchev–Trinajstić information content (AvgIpc) is 2.42. The Hall–Kier alpha value is -1.94. The first-order valence-corrected chi connectivity index (χ1v) is 6.11. The third kappa shape index (κ3) is 3.05. The molecule has 0 fully saturated rings. The van der Waals surface area contributed by atoms with Gasteiger partial charge in [0.1, 0.15) is 0 Å². The first-order valence-electron chi connectivity index (χ1n) is 6.11. The van der Waals surface area contributed by atoms with Gasteiger partial charge < -0.3 is 5.32 Å². The number of likely N-dealkylation sites (N-methyl/N-ethyl adjacent to an activating group) is 1. The van der Waals surface area contributed by atoms with Gasteiger partial charge in [-0.15, -0.1) is 0 Å². The van der Waals surface area contributed by atoms with Crippen molar-refractivity contribution < 1.29 is 0 Å². The highest BCUT2D eigenvalue weighted by atomic mass is 16.1. The fraction of sp³-hybridized carbons (Fsp3) is 0.286. The largest absolute Gasteiger partial charge is 0.309 e. The van der Waals surface area contributed by atoms with Gasteiger partial charge in [0.05, 0.1) is 12.6 Å². The summed E-state index contributed by atoms with van der Waals surface area (Å²) in [6.07, 6.45) is 1.63. The van der Waals surface area contributed by atoms with Gasteiger partial charge in [0.25, 0.3) is 5.56 Å². The van der Waals surface area contributed by atoms with Gasteiger partial charge in [0, 0.05) is 12.3 Å². The van der Waals surface area contributed by atoms with E-state index in [9.17, 15) is 4.79 Å². The first kappa shape index (κ1) is 12.5. The van der Waals surface area contributed by atoms with E-state index < -0.39 is 0 Å². The molecule has 0 aliphatic heterocycles. The van der Waals surface area contributed by atoms with E-state index >= 15 is 0 Å². The highest BCUT2D eigenvalue weighted by Crippen LogP contribution is 2.13. The van der Waals surface area contributed by atoms with Crippen LogP contribution in [0.1, 0.15) is 18.5 Å². The summed E-state index contributed by atoms with van der Waals surface area (Å²) in [5, 5.41) is 7.46. The van der Waals surface area contributed by atoms with Crippen molar-refractivity contribution in [3.05, 3.63) is 64.6 Å². The number of nitrogens with zero attached hydrogens (tertiary/aromatic N) is 2. The standard InChI is InChI=1S/C14H17N3O/c1-2-15-13(12-7-4-3-5-8-12)11-17-14(18)9-6-10-16-17/h3-10,13,15H,2,11H2,1H3. The molecule has 0 aliphatic carbocycles. The summed E-state index contributed by atoms with van der Waals surface area (Å²) in [6.45, 7) is 3.44. The summed E-state index contributed by atoms with van der Waals surface area (Å²) in [7, 11) is 0. The Balaban J connectivity index is 2.22. The predicted molar refractivity (Wildman–Crippen MR) is 71.4 cm³/mol. The Kier molecular flexibility index (Phi) is 4.25. The minimum atomic E-state index is -0.0728. The first-order chi connectivity index (χ1) is 8.81. The third-order valence-corrected chi connectivity index (χ3v) is 2.79. The maximum absolute atomic E-state index is 11.7. The molecule has 0 spiro atoms. The third-order valence-electron chi connectivity index (χ3n) is 2.79. The van der Waals surface area contributed by atoms with E-state index in [0.717, 1.165) is 12.1 Å². The van der Waals surface area contributed by atoms with E-state index in [1.807, 2.05) is 18.2 Å². The zero-order valence-electron chi connectivity index (χ0n) is 10.4. The molecule has 1 N–H and O–H groups in total. The van der Waals surface area contributed by atoms with Gasteiger partial charge in [0.2, 0.25) is 0 Å². The second-order valence-corrected chi connectivity index (χ2v) is 4.06. The highest BCUT2D eigenvalue weighted by Gasteiger charge is 2.11. The topological polar surface area (TPSA) is 46.9 Å². The summed E-state index contributed by atoms with van der Waals surface area (Å²) in [4.78, 5) is 11.7. The van der Waals surface area contributed by atoms with Crippen molar-refractivity contribution in [3.8, 4) is 0 Å². The summed E-state index contributed by atoms with van der Waals surface area (Å²) in [5.74, 6) is 0. The highest BCUT2D eigenvalue weighted by molar-refractivity contribution is 5.18. The summed E-state index contributed by atoms with van der Waals surface area (Å²) < 4.78 is 1.49. The number of aromatic nitrogens is 2. The van der Waals surface area contributed by atoms with Crippen molar-refractivity contribution in [1.29, 1.82) is 0 Å². The molecule has 0 radical (unpaired) electrons. The second-order valence-electron chi connectivity index (χ2n) is 4.06. The van der Waals surface area contributed by atoms with Crippen LogP contribution < -0.4 is 10.9 Å². The van der Waals surface area contributed by atoms with Crippen molar-refractivity contribution >= 4 is 0 Å².